The van der Waals surface area contributed by atoms with E-state index >= 15 is 0 Å². The zero-order chi connectivity index (χ0) is 36.5. The highest BCUT2D eigenvalue weighted by molar-refractivity contribution is 5.95. The van der Waals surface area contributed by atoms with Gasteiger partial charge in [-0.15, -0.1) is 0 Å². The minimum atomic E-state index is -1.67. The van der Waals surface area contributed by atoms with E-state index < -0.39 is 53.0 Å². The van der Waals surface area contributed by atoms with Gasteiger partial charge in [-0.05, 0) is 56.5 Å². The van der Waals surface area contributed by atoms with Gasteiger partial charge in [-0.25, -0.2) is 9.59 Å². The first kappa shape index (κ1) is 38.5. The van der Waals surface area contributed by atoms with Gasteiger partial charge in [0.05, 0.1) is 17.0 Å². The van der Waals surface area contributed by atoms with Crippen molar-refractivity contribution >= 4 is 29.5 Å². The van der Waals surface area contributed by atoms with E-state index in [0.717, 1.165) is 0 Å². The molecule has 0 spiro atoms. The Morgan fingerprint density at radius 3 is 1.76 bits per heavy atom. The lowest BCUT2D eigenvalue weighted by Gasteiger charge is -2.36. The van der Waals surface area contributed by atoms with Gasteiger partial charge in [0.2, 0.25) is 0 Å². The van der Waals surface area contributed by atoms with Crippen molar-refractivity contribution in [2.75, 3.05) is 0 Å². The quantitative estimate of drug-likeness (QED) is 0.175. The van der Waals surface area contributed by atoms with Gasteiger partial charge < -0.3 is 14.2 Å². The standard InChI is InChI=1S/C36H40O8.C6H12/c1-22-17-18-35(5,6)30(38)20-29(42-33(40)26-13-9-7-10-14-26)23(2)19-28-31(43-34(41)27-15-11-8-12-16-27)24(3)21-36(28,32(22)39)44-25(4)37;1-2-4-6-5-3-1/h7-19,22,24,28-29,31H,20-21H2,1-6H3;1-6H2/b18-17+,23-19+;/t22-,24-,28+,29-,31+,36-;/m1./s1. The van der Waals surface area contributed by atoms with Gasteiger partial charge in [0, 0.05) is 31.1 Å². The van der Waals surface area contributed by atoms with Crippen molar-refractivity contribution in [3.63, 3.8) is 0 Å². The number of carbonyl (C=O) groups is 5. The molecule has 0 aromatic heterocycles. The number of rotatable bonds is 5. The SMILES string of the molecule is C1CCCCC1.CC(=O)O[C@]12C[C@@H](C)[C@H](OC(=O)c3ccccc3)[C@@H]1/C=C(\C)[C@H](OC(=O)c1ccccc1)CC(=O)C(C)(C)/C=C/[C@@H](C)C2=O. The van der Waals surface area contributed by atoms with Crippen LogP contribution in [-0.2, 0) is 28.6 Å². The topological polar surface area (TPSA) is 113 Å². The van der Waals surface area contributed by atoms with E-state index in [0.29, 0.717) is 16.7 Å². The molecular formula is C42H52O8. The lowest BCUT2D eigenvalue weighted by Crippen LogP contribution is -2.50. The summed E-state index contributed by atoms with van der Waals surface area (Å²) in [6.07, 6.45) is 12.1. The Labute approximate surface area is 296 Å². The molecule has 8 heteroatoms. The average Bonchev–Trinajstić information content (AvgIpc) is 3.36. The Bertz CT molecular complexity index is 1560. The number of esters is 3. The Morgan fingerprint density at radius 2 is 1.26 bits per heavy atom. The third kappa shape index (κ3) is 9.46. The van der Waals surface area contributed by atoms with Crippen molar-refractivity contribution < 1.29 is 38.2 Å². The number of hydrogen-bond acceptors (Lipinski definition) is 8. The fraction of sp³-hybridized carbons (Fsp3) is 0.500. The second-order valence-corrected chi connectivity index (χ2v) is 14.6. The molecule has 8 nitrogen and oxygen atoms in total. The van der Waals surface area contributed by atoms with E-state index in [9.17, 15) is 24.0 Å². The van der Waals surface area contributed by atoms with Crippen molar-refractivity contribution in [2.24, 2.45) is 23.2 Å². The predicted molar refractivity (Wildman–Crippen MR) is 191 cm³/mol. The Kier molecular flexibility index (Phi) is 13.1. The molecule has 0 radical (unpaired) electrons. The van der Waals surface area contributed by atoms with Crippen LogP contribution >= 0.6 is 0 Å². The fourth-order valence-corrected chi connectivity index (χ4v) is 7.12. The molecule has 0 heterocycles. The predicted octanol–water partition coefficient (Wildman–Crippen LogP) is 8.44. The number of benzene rings is 2. The van der Waals surface area contributed by atoms with Crippen molar-refractivity contribution in [3.05, 3.63) is 95.6 Å². The van der Waals surface area contributed by atoms with Crippen LogP contribution in [0.15, 0.2) is 84.5 Å². The van der Waals surface area contributed by atoms with Crippen LogP contribution in [0.1, 0.15) is 114 Å². The molecule has 2 saturated carbocycles. The van der Waals surface area contributed by atoms with E-state index in [1.165, 1.54) is 45.4 Å². The maximum Gasteiger partial charge on any atom is 0.338 e. The summed E-state index contributed by atoms with van der Waals surface area (Å²) in [5.74, 6) is -4.43. The molecule has 2 aromatic rings. The minimum absolute atomic E-state index is 0.113. The minimum Gasteiger partial charge on any atom is -0.458 e. The number of ether oxygens (including phenoxy) is 3. The molecule has 3 aliphatic carbocycles. The van der Waals surface area contributed by atoms with E-state index in [1.54, 1.807) is 107 Å². The first-order valence-electron chi connectivity index (χ1n) is 17.9. The van der Waals surface area contributed by atoms with Crippen LogP contribution in [-0.4, -0.2) is 47.3 Å². The van der Waals surface area contributed by atoms with Crippen LogP contribution in [0.2, 0.25) is 0 Å². The molecule has 6 atom stereocenters. The van der Waals surface area contributed by atoms with Gasteiger partial charge in [-0.2, -0.15) is 0 Å². The molecule has 5 rings (SSSR count). The molecule has 2 fully saturated rings. The Balaban J connectivity index is 0.000000845. The molecule has 0 unspecified atom stereocenters. The third-order valence-electron chi connectivity index (χ3n) is 10.1. The summed E-state index contributed by atoms with van der Waals surface area (Å²) in [7, 11) is 0. The van der Waals surface area contributed by atoms with E-state index in [1.807, 2.05) is 6.92 Å². The average molecular weight is 685 g/mol. The van der Waals surface area contributed by atoms with Gasteiger partial charge in [0.1, 0.15) is 18.0 Å². The summed E-state index contributed by atoms with van der Waals surface area (Å²) in [4.78, 5) is 66.9. The molecule has 3 aliphatic rings. The van der Waals surface area contributed by atoms with Crippen molar-refractivity contribution in [2.45, 2.75) is 111 Å². The number of ketones is 2. The smallest absolute Gasteiger partial charge is 0.338 e. The van der Waals surface area contributed by atoms with Crippen LogP contribution in [0.4, 0.5) is 0 Å². The monoisotopic (exact) mass is 684 g/mol. The number of hydrogen-bond donors (Lipinski definition) is 0. The molecule has 268 valence electrons. The van der Waals surface area contributed by atoms with Crippen LogP contribution in [0.25, 0.3) is 0 Å². The van der Waals surface area contributed by atoms with Gasteiger partial charge in [-0.3, -0.25) is 14.4 Å². The second kappa shape index (κ2) is 17.1. The van der Waals surface area contributed by atoms with Crippen LogP contribution in [0.5, 0.6) is 0 Å². The molecule has 0 saturated heterocycles. The molecule has 0 bridgehead atoms. The first-order chi connectivity index (χ1) is 23.7. The largest absolute Gasteiger partial charge is 0.458 e. The highest BCUT2D eigenvalue weighted by Gasteiger charge is 2.60. The van der Waals surface area contributed by atoms with Crippen LogP contribution in [0.3, 0.4) is 0 Å². The summed E-state index contributed by atoms with van der Waals surface area (Å²) in [5.41, 5.74) is -1.51. The van der Waals surface area contributed by atoms with E-state index in [2.05, 4.69) is 0 Å². The highest BCUT2D eigenvalue weighted by atomic mass is 16.6. The summed E-state index contributed by atoms with van der Waals surface area (Å²) < 4.78 is 17.9. The number of carbonyl (C=O) groups excluding carboxylic acids is 5. The molecule has 0 amide bonds. The molecule has 50 heavy (non-hydrogen) atoms. The third-order valence-corrected chi connectivity index (χ3v) is 10.1. The lowest BCUT2D eigenvalue weighted by atomic mass is 9.76. The Morgan fingerprint density at radius 1 is 0.760 bits per heavy atom. The van der Waals surface area contributed by atoms with Crippen LogP contribution in [0, 0.1) is 23.2 Å². The zero-order valence-electron chi connectivity index (χ0n) is 30.3. The summed E-state index contributed by atoms with van der Waals surface area (Å²) in [6, 6.07) is 16.9. The lowest BCUT2D eigenvalue weighted by molar-refractivity contribution is -0.171. The fourth-order valence-electron chi connectivity index (χ4n) is 7.12. The van der Waals surface area contributed by atoms with Crippen molar-refractivity contribution in [1.29, 1.82) is 0 Å². The number of fused-ring (bicyclic) bond motifs is 1. The highest BCUT2D eigenvalue weighted by Crippen LogP contribution is 2.48. The first-order valence-corrected chi connectivity index (χ1v) is 17.9. The summed E-state index contributed by atoms with van der Waals surface area (Å²) >= 11 is 0. The Hall–Kier alpha value is -4.33. The molecule has 2 aromatic carbocycles. The van der Waals surface area contributed by atoms with Crippen molar-refractivity contribution in [3.8, 4) is 0 Å². The summed E-state index contributed by atoms with van der Waals surface area (Å²) in [6.45, 7) is 9.97. The van der Waals surface area contributed by atoms with E-state index in [-0.39, 0.29) is 30.3 Å². The van der Waals surface area contributed by atoms with Gasteiger partial charge in [-0.1, -0.05) is 107 Å². The molecule has 0 N–H and O–H groups in total. The molecular weight excluding hydrogens is 632 g/mol. The van der Waals surface area contributed by atoms with E-state index in [4.69, 9.17) is 14.2 Å². The maximum atomic E-state index is 14.3. The van der Waals surface area contributed by atoms with Crippen LogP contribution < -0.4 is 0 Å². The normalized spacial score (nSPS) is 29.6. The second-order valence-electron chi connectivity index (χ2n) is 14.6. The zero-order valence-corrected chi connectivity index (χ0v) is 30.3. The summed E-state index contributed by atoms with van der Waals surface area (Å²) in [5, 5.41) is 0. The van der Waals surface area contributed by atoms with Gasteiger partial charge in [0.15, 0.2) is 11.4 Å². The van der Waals surface area contributed by atoms with Crippen molar-refractivity contribution in [1.82, 2.24) is 0 Å². The molecule has 0 aliphatic heterocycles. The number of Topliss-reactive ketones (excluding diaryl/α,β-unsaturated/α-hetero) is 2. The number of allylic oxidation sites excluding steroid dienone is 2. The van der Waals surface area contributed by atoms with Gasteiger partial charge in [0.25, 0.3) is 0 Å². The maximum absolute atomic E-state index is 14.3. The van der Waals surface area contributed by atoms with Gasteiger partial charge >= 0.3 is 17.9 Å².